The molecule has 31 heavy (non-hydrogen) atoms. The number of rotatable bonds is 6. The van der Waals surface area contributed by atoms with Gasteiger partial charge in [0.2, 0.25) is 0 Å². The number of nitrogens with one attached hydrogen (secondary N) is 1. The number of hydrogen-bond acceptors (Lipinski definition) is 4. The first-order valence-corrected chi connectivity index (χ1v) is 11.0. The minimum Gasteiger partial charge on any atom is -0.322 e. The van der Waals surface area contributed by atoms with Crippen molar-refractivity contribution in [2.24, 2.45) is 0 Å². The van der Waals surface area contributed by atoms with Crippen LogP contribution in [0.1, 0.15) is 34.2 Å². The van der Waals surface area contributed by atoms with E-state index in [1.165, 1.54) is 5.56 Å². The normalized spacial score (nSPS) is 15.2. The molecule has 162 valence electrons. The molecular weight excluding hydrogens is 386 g/mol. The molecule has 1 N–H and O–H groups in total. The van der Waals surface area contributed by atoms with Crippen LogP contribution in [0.25, 0.3) is 5.69 Å². The van der Waals surface area contributed by atoms with E-state index in [0.29, 0.717) is 5.56 Å². The van der Waals surface area contributed by atoms with Crippen molar-refractivity contribution in [2.45, 2.75) is 27.3 Å². The minimum atomic E-state index is -0.108. The summed E-state index contributed by atoms with van der Waals surface area (Å²) in [6, 6.07) is 17.7. The van der Waals surface area contributed by atoms with Crippen LogP contribution in [0.3, 0.4) is 0 Å². The number of benzene rings is 2. The Morgan fingerprint density at radius 1 is 0.935 bits per heavy atom. The highest BCUT2D eigenvalue weighted by atomic mass is 16.1. The first-order valence-electron chi connectivity index (χ1n) is 11.0. The van der Waals surface area contributed by atoms with E-state index in [9.17, 15) is 4.79 Å². The zero-order valence-electron chi connectivity index (χ0n) is 18.6. The van der Waals surface area contributed by atoms with Gasteiger partial charge in [-0.05, 0) is 68.4 Å². The maximum atomic E-state index is 12.6. The van der Waals surface area contributed by atoms with Crippen LogP contribution in [-0.4, -0.2) is 58.2 Å². The molecule has 1 aliphatic heterocycles. The number of hydrogen-bond donors (Lipinski definition) is 1. The molecule has 0 radical (unpaired) electrons. The summed E-state index contributed by atoms with van der Waals surface area (Å²) in [5.41, 5.74) is 5.71. The van der Waals surface area contributed by atoms with Gasteiger partial charge < -0.3 is 10.2 Å². The molecule has 2 aromatic carbocycles. The lowest BCUT2D eigenvalue weighted by Crippen LogP contribution is -2.45. The molecule has 0 spiro atoms. The van der Waals surface area contributed by atoms with Crippen molar-refractivity contribution < 1.29 is 4.79 Å². The molecule has 0 atom stereocenters. The summed E-state index contributed by atoms with van der Waals surface area (Å²) in [5, 5.41) is 7.49. The maximum absolute atomic E-state index is 12.6. The van der Waals surface area contributed by atoms with Crippen LogP contribution in [0.15, 0.2) is 54.6 Å². The molecule has 0 unspecified atom stereocenters. The largest absolute Gasteiger partial charge is 0.322 e. The van der Waals surface area contributed by atoms with Crippen LogP contribution in [0.2, 0.25) is 0 Å². The summed E-state index contributed by atoms with van der Waals surface area (Å²) in [6.45, 7) is 12.8. The SMILES string of the molecule is CCN1CCN(Cc2ccc(NC(=O)c3ccc(-n4nc(C)cc4C)cc3)cc2)CC1. The Bertz CT molecular complexity index is 1020. The Kier molecular flexibility index (Phi) is 6.49. The van der Waals surface area contributed by atoms with Crippen molar-refractivity contribution in [3.05, 3.63) is 77.1 Å². The summed E-state index contributed by atoms with van der Waals surface area (Å²) in [5.74, 6) is -0.108. The molecule has 6 nitrogen and oxygen atoms in total. The van der Waals surface area contributed by atoms with Gasteiger partial charge in [-0.25, -0.2) is 4.68 Å². The number of piperazine rings is 1. The van der Waals surface area contributed by atoms with Gasteiger partial charge in [0, 0.05) is 49.7 Å². The smallest absolute Gasteiger partial charge is 0.255 e. The molecular formula is C25H31N5O. The van der Waals surface area contributed by atoms with Crippen molar-refractivity contribution >= 4 is 11.6 Å². The fourth-order valence-corrected chi connectivity index (χ4v) is 4.06. The molecule has 6 heteroatoms. The Morgan fingerprint density at radius 3 is 2.16 bits per heavy atom. The number of nitrogens with zero attached hydrogens (tertiary/aromatic N) is 4. The van der Waals surface area contributed by atoms with Crippen LogP contribution < -0.4 is 5.32 Å². The highest BCUT2D eigenvalue weighted by Gasteiger charge is 2.15. The number of likely N-dealkylation sites (N-methyl/N-ethyl adjacent to an activating group) is 1. The van der Waals surface area contributed by atoms with Gasteiger partial charge in [-0.2, -0.15) is 5.10 Å². The Morgan fingerprint density at radius 2 is 1.58 bits per heavy atom. The Balaban J connectivity index is 1.34. The van der Waals surface area contributed by atoms with Gasteiger partial charge in [-0.3, -0.25) is 9.69 Å². The van der Waals surface area contributed by atoms with Crippen LogP contribution >= 0.6 is 0 Å². The zero-order valence-corrected chi connectivity index (χ0v) is 18.6. The number of aromatic nitrogens is 2. The number of anilines is 1. The van der Waals surface area contributed by atoms with E-state index in [2.05, 4.69) is 39.3 Å². The van der Waals surface area contributed by atoms with Crippen molar-refractivity contribution in [3.8, 4) is 5.69 Å². The van der Waals surface area contributed by atoms with Crippen molar-refractivity contribution in [1.82, 2.24) is 19.6 Å². The zero-order chi connectivity index (χ0) is 21.8. The first-order chi connectivity index (χ1) is 15.0. The van der Waals surface area contributed by atoms with E-state index in [0.717, 1.165) is 62.0 Å². The van der Waals surface area contributed by atoms with E-state index in [1.807, 2.05) is 61.0 Å². The first kappa shape index (κ1) is 21.3. The minimum absolute atomic E-state index is 0.108. The highest BCUT2D eigenvalue weighted by Crippen LogP contribution is 2.16. The van der Waals surface area contributed by atoms with E-state index in [-0.39, 0.29) is 5.91 Å². The van der Waals surface area contributed by atoms with Crippen molar-refractivity contribution in [1.29, 1.82) is 0 Å². The lowest BCUT2D eigenvalue weighted by atomic mass is 10.1. The fourth-order valence-electron chi connectivity index (χ4n) is 4.06. The monoisotopic (exact) mass is 417 g/mol. The summed E-state index contributed by atoms with van der Waals surface area (Å²) in [7, 11) is 0. The second-order valence-corrected chi connectivity index (χ2v) is 8.25. The van der Waals surface area contributed by atoms with Crippen LogP contribution in [0, 0.1) is 13.8 Å². The lowest BCUT2D eigenvalue weighted by molar-refractivity contribution is 0.102. The van der Waals surface area contributed by atoms with E-state index < -0.39 is 0 Å². The Labute approximate surface area is 184 Å². The second kappa shape index (κ2) is 9.45. The molecule has 3 aromatic rings. The second-order valence-electron chi connectivity index (χ2n) is 8.25. The van der Waals surface area contributed by atoms with Gasteiger partial charge in [0.15, 0.2) is 0 Å². The summed E-state index contributed by atoms with van der Waals surface area (Å²) < 4.78 is 1.89. The average molecular weight is 418 g/mol. The van der Waals surface area contributed by atoms with Crippen molar-refractivity contribution in [2.75, 3.05) is 38.0 Å². The third-order valence-electron chi connectivity index (χ3n) is 5.91. The van der Waals surface area contributed by atoms with Gasteiger partial charge >= 0.3 is 0 Å². The number of carbonyl (C=O) groups excluding carboxylic acids is 1. The molecule has 1 saturated heterocycles. The average Bonchev–Trinajstić information content (AvgIpc) is 3.13. The standard InChI is InChI=1S/C25H31N5O/c1-4-28-13-15-29(16-14-28)18-21-5-9-23(10-6-21)26-25(31)22-7-11-24(12-8-22)30-20(3)17-19(2)27-30/h5-12,17H,4,13-16,18H2,1-3H3,(H,26,31). The van der Waals surface area contributed by atoms with Crippen LogP contribution in [-0.2, 0) is 6.54 Å². The van der Waals surface area contributed by atoms with E-state index >= 15 is 0 Å². The third-order valence-corrected chi connectivity index (χ3v) is 5.91. The highest BCUT2D eigenvalue weighted by molar-refractivity contribution is 6.04. The molecule has 4 rings (SSSR count). The molecule has 2 heterocycles. The third kappa shape index (κ3) is 5.21. The van der Waals surface area contributed by atoms with Crippen LogP contribution in [0.4, 0.5) is 5.69 Å². The van der Waals surface area contributed by atoms with Gasteiger partial charge in [0.1, 0.15) is 0 Å². The Hall–Kier alpha value is -2.96. The fraction of sp³-hybridized carbons (Fsp3) is 0.360. The summed E-state index contributed by atoms with van der Waals surface area (Å²) in [6.07, 6.45) is 0. The lowest BCUT2D eigenvalue weighted by Gasteiger charge is -2.34. The number of aryl methyl sites for hydroxylation is 2. The molecule has 0 aliphatic carbocycles. The molecule has 0 saturated carbocycles. The molecule has 1 aromatic heterocycles. The van der Waals surface area contributed by atoms with E-state index in [1.54, 1.807) is 0 Å². The number of carbonyl (C=O) groups is 1. The summed E-state index contributed by atoms with van der Waals surface area (Å²) >= 11 is 0. The van der Waals surface area contributed by atoms with Crippen LogP contribution in [0.5, 0.6) is 0 Å². The maximum Gasteiger partial charge on any atom is 0.255 e. The van der Waals surface area contributed by atoms with Crippen molar-refractivity contribution in [3.63, 3.8) is 0 Å². The predicted molar refractivity (Wildman–Crippen MR) is 125 cm³/mol. The van der Waals surface area contributed by atoms with Gasteiger partial charge in [-0.15, -0.1) is 0 Å². The molecule has 0 bridgehead atoms. The number of amides is 1. The molecule has 1 amide bonds. The molecule has 1 aliphatic rings. The van der Waals surface area contributed by atoms with E-state index in [4.69, 9.17) is 0 Å². The molecule has 1 fully saturated rings. The predicted octanol–water partition coefficient (Wildman–Crippen LogP) is 3.88. The van der Waals surface area contributed by atoms with Gasteiger partial charge in [-0.1, -0.05) is 19.1 Å². The summed E-state index contributed by atoms with van der Waals surface area (Å²) in [4.78, 5) is 17.6. The van der Waals surface area contributed by atoms with Gasteiger partial charge in [0.25, 0.3) is 5.91 Å². The topological polar surface area (TPSA) is 53.4 Å². The quantitative estimate of drug-likeness (QED) is 0.661. The van der Waals surface area contributed by atoms with Gasteiger partial charge in [0.05, 0.1) is 11.4 Å².